The maximum Gasteiger partial charge on any atom is 0.272 e. The Bertz CT molecular complexity index is 1630. The molecule has 42 heavy (non-hydrogen) atoms. The normalized spacial score (nSPS) is 11.0. The number of benzene rings is 4. The van der Waals surface area contributed by atoms with Gasteiger partial charge >= 0.3 is 0 Å². The first-order valence-corrected chi connectivity index (χ1v) is 14.0. The summed E-state index contributed by atoms with van der Waals surface area (Å²) in [6.07, 6.45) is 1.43. The Morgan fingerprint density at radius 1 is 0.810 bits per heavy atom. The van der Waals surface area contributed by atoms with Gasteiger partial charge in [-0.1, -0.05) is 41.4 Å². The molecule has 12 heteroatoms. The van der Waals surface area contributed by atoms with Crippen molar-refractivity contribution in [3.8, 4) is 0 Å². The predicted molar refractivity (Wildman–Crippen MR) is 166 cm³/mol. The molecule has 0 heterocycles. The molecule has 0 saturated heterocycles. The Morgan fingerprint density at radius 3 is 2.07 bits per heavy atom. The lowest BCUT2D eigenvalue weighted by molar-refractivity contribution is -0.384. The van der Waals surface area contributed by atoms with Gasteiger partial charge in [-0.25, -0.2) is 0 Å². The van der Waals surface area contributed by atoms with Gasteiger partial charge in [0.25, 0.3) is 17.5 Å². The fourth-order valence-corrected chi connectivity index (χ4v) is 4.83. The molecule has 0 saturated carbocycles. The summed E-state index contributed by atoms with van der Waals surface area (Å²) < 4.78 is 0. The van der Waals surface area contributed by atoms with Crippen molar-refractivity contribution in [2.24, 2.45) is 0 Å². The SMILES string of the molecule is O=C(CSc1ccc(NC(=O)/C(=C/c2ccc([N+](=O)[O-])cc2)NC(=O)c2ccccc2)cc1)Nc1cc(Cl)cc(Cl)c1. The van der Waals surface area contributed by atoms with Crippen LogP contribution in [0, 0.1) is 10.1 Å². The van der Waals surface area contributed by atoms with Crippen molar-refractivity contribution in [3.05, 3.63) is 134 Å². The second-order valence-electron chi connectivity index (χ2n) is 8.70. The van der Waals surface area contributed by atoms with E-state index in [4.69, 9.17) is 23.2 Å². The summed E-state index contributed by atoms with van der Waals surface area (Å²) in [4.78, 5) is 49.6. The largest absolute Gasteiger partial charge is 0.325 e. The smallest absolute Gasteiger partial charge is 0.272 e. The van der Waals surface area contributed by atoms with Crippen LogP contribution in [-0.4, -0.2) is 28.4 Å². The first-order chi connectivity index (χ1) is 20.2. The zero-order valence-electron chi connectivity index (χ0n) is 21.7. The highest BCUT2D eigenvalue weighted by Gasteiger charge is 2.16. The van der Waals surface area contributed by atoms with Crippen LogP contribution in [0.4, 0.5) is 17.1 Å². The number of nitrogens with zero attached hydrogens (tertiary/aromatic N) is 1. The van der Waals surface area contributed by atoms with Gasteiger partial charge in [0, 0.05) is 44.0 Å². The van der Waals surface area contributed by atoms with Crippen molar-refractivity contribution in [1.29, 1.82) is 0 Å². The van der Waals surface area contributed by atoms with Crippen molar-refractivity contribution < 1.29 is 19.3 Å². The summed E-state index contributed by atoms with van der Waals surface area (Å²) in [5, 5.41) is 19.9. The average Bonchev–Trinajstić information content (AvgIpc) is 2.96. The van der Waals surface area contributed by atoms with Gasteiger partial charge in [-0.2, -0.15) is 0 Å². The van der Waals surface area contributed by atoms with E-state index in [-0.39, 0.29) is 23.0 Å². The first kappa shape index (κ1) is 30.3. The fourth-order valence-electron chi connectivity index (χ4n) is 3.61. The number of nitrogens with one attached hydrogen (secondary N) is 3. The molecule has 3 amide bonds. The summed E-state index contributed by atoms with van der Waals surface area (Å²) in [7, 11) is 0. The van der Waals surface area contributed by atoms with Crippen LogP contribution in [0.2, 0.25) is 10.0 Å². The minimum atomic E-state index is -0.599. The first-order valence-electron chi connectivity index (χ1n) is 12.3. The van der Waals surface area contributed by atoms with E-state index in [1.807, 2.05) is 0 Å². The molecule has 4 aromatic carbocycles. The number of amides is 3. The minimum Gasteiger partial charge on any atom is -0.325 e. The van der Waals surface area contributed by atoms with Gasteiger partial charge in [-0.15, -0.1) is 11.8 Å². The number of hydrogen-bond donors (Lipinski definition) is 3. The van der Waals surface area contributed by atoms with E-state index < -0.39 is 16.7 Å². The lowest BCUT2D eigenvalue weighted by Crippen LogP contribution is -2.30. The Labute approximate surface area is 255 Å². The summed E-state index contributed by atoms with van der Waals surface area (Å²) in [5.41, 5.74) is 1.61. The number of nitro groups is 1. The zero-order valence-corrected chi connectivity index (χ0v) is 24.0. The standard InChI is InChI=1S/C30H22Cl2N4O5S/c31-21-15-22(32)17-24(16-21)33-28(37)18-42-26-12-8-23(9-13-26)34-30(39)27(35-29(38)20-4-2-1-3-5-20)14-19-6-10-25(11-7-19)36(40)41/h1-17H,18H2,(H,33,37)(H,34,39)(H,35,38)/b27-14-. The number of non-ortho nitro benzene ring substituents is 1. The number of carbonyl (C=O) groups excluding carboxylic acids is 3. The average molecular weight is 622 g/mol. The van der Waals surface area contributed by atoms with Crippen LogP contribution in [0.5, 0.6) is 0 Å². The van der Waals surface area contributed by atoms with Gasteiger partial charge in [0.15, 0.2) is 0 Å². The van der Waals surface area contributed by atoms with Crippen molar-refractivity contribution in [2.45, 2.75) is 4.90 Å². The lowest BCUT2D eigenvalue weighted by Gasteiger charge is -2.12. The Balaban J connectivity index is 1.42. The van der Waals surface area contributed by atoms with Gasteiger partial charge in [0.1, 0.15) is 5.70 Å². The van der Waals surface area contributed by atoms with E-state index >= 15 is 0 Å². The monoisotopic (exact) mass is 620 g/mol. The van der Waals surface area contributed by atoms with Crippen molar-refractivity contribution >= 4 is 75.8 Å². The van der Waals surface area contributed by atoms with Gasteiger partial charge in [-0.3, -0.25) is 24.5 Å². The quantitative estimate of drug-likeness (QED) is 0.0754. The van der Waals surface area contributed by atoms with Crippen LogP contribution in [0.15, 0.2) is 108 Å². The number of anilines is 2. The molecule has 0 unspecified atom stereocenters. The molecular formula is C30H22Cl2N4O5S. The van der Waals surface area contributed by atoms with E-state index in [1.165, 1.54) is 42.1 Å². The summed E-state index contributed by atoms with van der Waals surface area (Å²) in [6.45, 7) is 0. The Morgan fingerprint density at radius 2 is 1.45 bits per heavy atom. The van der Waals surface area contributed by atoms with Crippen molar-refractivity contribution in [1.82, 2.24) is 5.32 Å². The molecule has 9 nitrogen and oxygen atoms in total. The number of hydrogen-bond acceptors (Lipinski definition) is 6. The highest BCUT2D eigenvalue weighted by molar-refractivity contribution is 8.00. The zero-order chi connectivity index (χ0) is 30.1. The lowest BCUT2D eigenvalue weighted by atomic mass is 10.1. The summed E-state index contributed by atoms with van der Waals surface area (Å²) in [6, 6.07) is 25.5. The highest BCUT2D eigenvalue weighted by atomic mass is 35.5. The molecular weight excluding hydrogens is 599 g/mol. The Kier molecular flexibility index (Phi) is 10.3. The summed E-state index contributed by atoms with van der Waals surface area (Å²) >= 11 is 13.2. The molecule has 0 radical (unpaired) electrons. The second-order valence-corrected chi connectivity index (χ2v) is 10.6. The highest BCUT2D eigenvalue weighted by Crippen LogP contribution is 2.24. The molecule has 212 valence electrons. The van der Waals surface area contributed by atoms with Crippen LogP contribution < -0.4 is 16.0 Å². The van der Waals surface area contributed by atoms with Crippen molar-refractivity contribution in [2.75, 3.05) is 16.4 Å². The number of nitro benzene ring substituents is 1. The molecule has 0 bridgehead atoms. The number of carbonyl (C=O) groups is 3. The van der Waals surface area contributed by atoms with E-state index in [9.17, 15) is 24.5 Å². The molecule has 4 rings (SSSR count). The number of rotatable bonds is 10. The third-order valence-corrected chi connectivity index (χ3v) is 7.02. The molecule has 0 spiro atoms. The molecule has 4 aromatic rings. The van der Waals surface area contributed by atoms with Gasteiger partial charge < -0.3 is 16.0 Å². The minimum absolute atomic E-state index is 0.0612. The molecule has 0 aliphatic rings. The van der Waals surface area contributed by atoms with Crippen LogP contribution >= 0.6 is 35.0 Å². The van der Waals surface area contributed by atoms with Gasteiger partial charge in [-0.05, 0) is 78.4 Å². The van der Waals surface area contributed by atoms with Crippen LogP contribution in [0.25, 0.3) is 6.08 Å². The fraction of sp³-hybridized carbons (Fsp3) is 0.0333. The molecule has 0 atom stereocenters. The van der Waals surface area contributed by atoms with Gasteiger partial charge in [0.2, 0.25) is 5.91 Å². The maximum absolute atomic E-state index is 13.2. The molecule has 3 N–H and O–H groups in total. The topological polar surface area (TPSA) is 130 Å². The third-order valence-electron chi connectivity index (χ3n) is 5.57. The van der Waals surface area contributed by atoms with Crippen LogP contribution in [-0.2, 0) is 9.59 Å². The molecule has 0 aromatic heterocycles. The maximum atomic E-state index is 13.2. The second kappa shape index (κ2) is 14.3. The predicted octanol–water partition coefficient (Wildman–Crippen LogP) is 7.04. The van der Waals surface area contributed by atoms with E-state index in [2.05, 4.69) is 16.0 Å². The van der Waals surface area contributed by atoms with E-state index in [0.29, 0.717) is 32.5 Å². The van der Waals surface area contributed by atoms with Gasteiger partial charge in [0.05, 0.1) is 10.7 Å². The van der Waals surface area contributed by atoms with E-state index in [1.54, 1.807) is 72.8 Å². The molecule has 0 aliphatic heterocycles. The van der Waals surface area contributed by atoms with E-state index in [0.717, 1.165) is 4.90 Å². The Hall–Kier alpha value is -4.64. The number of thioether (sulfide) groups is 1. The van der Waals surface area contributed by atoms with Crippen LogP contribution in [0.1, 0.15) is 15.9 Å². The summed E-state index contributed by atoms with van der Waals surface area (Å²) in [5.74, 6) is -1.21. The number of halogens is 2. The van der Waals surface area contributed by atoms with Crippen LogP contribution in [0.3, 0.4) is 0 Å². The molecule has 0 aliphatic carbocycles. The molecule has 0 fully saturated rings. The van der Waals surface area contributed by atoms with Crippen molar-refractivity contribution in [3.63, 3.8) is 0 Å². The third kappa shape index (κ3) is 8.93.